The molecule has 5 atom stereocenters. The molecule has 2 saturated carbocycles. The van der Waals surface area contributed by atoms with Crippen LogP contribution in [0, 0.1) is 17.8 Å². The summed E-state index contributed by atoms with van der Waals surface area (Å²) in [7, 11) is 0. The van der Waals surface area contributed by atoms with Crippen LogP contribution in [0.15, 0.2) is 23.0 Å². The minimum Gasteiger partial charge on any atom is -0.360 e. The van der Waals surface area contributed by atoms with Crippen molar-refractivity contribution < 1.29 is 0 Å². The lowest BCUT2D eigenvalue weighted by Crippen LogP contribution is -2.54. The molecule has 0 aromatic carbocycles. The Balaban J connectivity index is 1.31. The van der Waals surface area contributed by atoms with E-state index < -0.39 is 0 Å². The minimum atomic E-state index is 0.151. The maximum absolute atomic E-state index is 12.1. The van der Waals surface area contributed by atoms with Crippen molar-refractivity contribution in [1.82, 2.24) is 14.8 Å². The van der Waals surface area contributed by atoms with Crippen molar-refractivity contribution in [3.63, 3.8) is 0 Å². The molecule has 0 radical (unpaired) electrons. The van der Waals surface area contributed by atoms with Crippen molar-refractivity contribution in [2.75, 3.05) is 13.1 Å². The molecule has 2 aliphatic heterocycles. The molecular weight excluding hydrogens is 318 g/mol. The smallest absolute Gasteiger partial charge is 0.250 e. The van der Waals surface area contributed by atoms with E-state index in [-0.39, 0.29) is 5.56 Å². The van der Waals surface area contributed by atoms with Crippen LogP contribution in [0.4, 0.5) is 0 Å². The maximum Gasteiger partial charge on any atom is 0.250 e. The third kappa shape index (κ3) is 2.40. The SMILES string of the molecule is O=c1cccc2n1C[C@H]1C[C@H]2CN(C(=S)NC2CC3CCC2C3)C1. The van der Waals surface area contributed by atoms with Crippen molar-refractivity contribution in [3.05, 3.63) is 34.2 Å². The molecule has 3 unspecified atom stereocenters. The van der Waals surface area contributed by atoms with Gasteiger partial charge in [-0.25, -0.2) is 0 Å². The first kappa shape index (κ1) is 14.9. The summed E-state index contributed by atoms with van der Waals surface area (Å²) in [6.07, 6.45) is 6.71. The molecule has 4 bridgehead atoms. The predicted molar refractivity (Wildman–Crippen MR) is 98.1 cm³/mol. The average Bonchev–Trinajstić information content (AvgIpc) is 3.18. The molecule has 2 aliphatic carbocycles. The monoisotopic (exact) mass is 343 g/mol. The normalized spacial score (nSPS) is 36.5. The Hall–Kier alpha value is -1.36. The van der Waals surface area contributed by atoms with Gasteiger partial charge in [-0.1, -0.05) is 12.5 Å². The van der Waals surface area contributed by atoms with E-state index in [2.05, 4.69) is 16.3 Å². The molecule has 24 heavy (non-hydrogen) atoms. The Morgan fingerprint density at radius 1 is 1.08 bits per heavy atom. The average molecular weight is 343 g/mol. The van der Waals surface area contributed by atoms with Crippen molar-refractivity contribution in [2.24, 2.45) is 17.8 Å². The number of thiocarbonyl (C=S) groups is 1. The number of fused-ring (bicyclic) bond motifs is 6. The summed E-state index contributed by atoms with van der Waals surface area (Å²) in [6.45, 7) is 2.79. The van der Waals surface area contributed by atoms with E-state index in [9.17, 15) is 4.79 Å². The fourth-order valence-corrected chi connectivity index (χ4v) is 6.03. The Kier molecular flexibility index (Phi) is 3.47. The molecule has 5 rings (SSSR count). The summed E-state index contributed by atoms with van der Waals surface area (Å²) in [5.41, 5.74) is 1.35. The molecular formula is C19H25N3OS. The summed E-state index contributed by atoms with van der Waals surface area (Å²) < 4.78 is 1.99. The fraction of sp³-hybridized carbons (Fsp3) is 0.684. The van der Waals surface area contributed by atoms with Gasteiger partial charge < -0.3 is 14.8 Å². The molecule has 3 heterocycles. The molecule has 5 heteroatoms. The second kappa shape index (κ2) is 5.58. The molecule has 128 valence electrons. The van der Waals surface area contributed by atoms with Crippen LogP contribution in [0.25, 0.3) is 0 Å². The van der Waals surface area contributed by atoms with Gasteiger partial charge in [0, 0.05) is 43.4 Å². The van der Waals surface area contributed by atoms with Crippen LogP contribution in [-0.4, -0.2) is 33.7 Å². The molecule has 1 aromatic rings. The van der Waals surface area contributed by atoms with Gasteiger partial charge in [0.2, 0.25) is 0 Å². The molecule has 3 fully saturated rings. The van der Waals surface area contributed by atoms with Gasteiger partial charge >= 0.3 is 0 Å². The van der Waals surface area contributed by atoms with Crippen molar-refractivity contribution in [2.45, 2.75) is 50.6 Å². The number of piperidine rings is 1. The number of nitrogens with one attached hydrogen (secondary N) is 1. The number of rotatable bonds is 1. The van der Waals surface area contributed by atoms with E-state index in [0.29, 0.717) is 17.9 Å². The Labute approximate surface area is 148 Å². The zero-order valence-corrected chi connectivity index (χ0v) is 14.8. The fourth-order valence-electron chi connectivity index (χ4n) is 5.73. The Bertz CT molecular complexity index is 730. The van der Waals surface area contributed by atoms with Crippen LogP contribution < -0.4 is 10.9 Å². The van der Waals surface area contributed by atoms with Gasteiger partial charge in [0.1, 0.15) is 0 Å². The number of hydrogen-bond donors (Lipinski definition) is 1. The second-order valence-corrected chi connectivity index (χ2v) is 8.72. The highest BCUT2D eigenvalue weighted by Gasteiger charge is 2.41. The summed E-state index contributed by atoms with van der Waals surface area (Å²) in [6, 6.07) is 6.31. The van der Waals surface area contributed by atoms with Crippen LogP contribution in [0.1, 0.15) is 43.7 Å². The standard InChI is InChI=1S/C19H25N3OS/c23-18-3-1-2-17-15-7-13(10-22(17)18)9-21(11-15)19(24)20-16-8-12-4-5-14(16)6-12/h1-3,12-16H,4-11H2,(H,20,24)/t12?,13-,14?,15-,16?/m0/s1. The molecule has 1 N–H and O–H groups in total. The highest BCUT2D eigenvalue weighted by molar-refractivity contribution is 7.80. The molecule has 1 saturated heterocycles. The Morgan fingerprint density at radius 3 is 2.79 bits per heavy atom. The van der Waals surface area contributed by atoms with E-state index >= 15 is 0 Å². The molecule has 4 nitrogen and oxygen atoms in total. The third-order valence-electron chi connectivity index (χ3n) is 6.81. The van der Waals surface area contributed by atoms with Gasteiger partial charge in [-0.2, -0.15) is 0 Å². The van der Waals surface area contributed by atoms with Gasteiger partial charge in [0.25, 0.3) is 5.56 Å². The predicted octanol–water partition coefficient (Wildman–Crippen LogP) is 2.33. The number of hydrogen-bond acceptors (Lipinski definition) is 2. The summed E-state index contributed by atoms with van der Waals surface area (Å²) in [5.74, 6) is 2.76. The van der Waals surface area contributed by atoms with Crippen molar-refractivity contribution in [1.29, 1.82) is 0 Å². The highest BCUT2D eigenvalue weighted by atomic mass is 32.1. The number of nitrogens with zero attached hydrogens (tertiary/aromatic N) is 2. The molecule has 1 aromatic heterocycles. The van der Waals surface area contributed by atoms with Gasteiger partial charge in [-0.05, 0) is 61.7 Å². The second-order valence-electron chi connectivity index (χ2n) is 8.33. The van der Waals surface area contributed by atoms with Crippen molar-refractivity contribution >= 4 is 17.3 Å². The van der Waals surface area contributed by atoms with Crippen LogP contribution >= 0.6 is 12.2 Å². The first-order valence-corrected chi connectivity index (χ1v) is 9.83. The van der Waals surface area contributed by atoms with E-state index in [0.717, 1.165) is 36.6 Å². The quantitative estimate of drug-likeness (QED) is 0.794. The first-order chi connectivity index (χ1) is 11.7. The van der Waals surface area contributed by atoms with Crippen LogP contribution in [0.3, 0.4) is 0 Å². The van der Waals surface area contributed by atoms with Crippen LogP contribution in [0.2, 0.25) is 0 Å². The van der Waals surface area contributed by atoms with Crippen molar-refractivity contribution in [3.8, 4) is 0 Å². The molecule has 4 aliphatic rings. The number of aromatic nitrogens is 1. The van der Waals surface area contributed by atoms with Gasteiger partial charge in [0.15, 0.2) is 5.11 Å². The minimum absolute atomic E-state index is 0.151. The number of pyridine rings is 1. The third-order valence-corrected chi connectivity index (χ3v) is 7.19. The van der Waals surface area contributed by atoms with Gasteiger partial charge in [-0.3, -0.25) is 4.79 Å². The highest BCUT2D eigenvalue weighted by Crippen LogP contribution is 2.44. The zero-order valence-electron chi connectivity index (χ0n) is 14.0. The van der Waals surface area contributed by atoms with E-state index in [1.807, 2.05) is 10.6 Å². The summed E-state index contributed by atoms with van der Waals surface area (Å²) >= 11 is 5.77. The van der Waals surface area contributed by atoms with E-state index in [1.54, 1.807) is 6.07 Å². The van der Waals surface area contributed by atoms with E-state index in [1.165, 1.54) is 37.8 Å². The van der Waals surface area contributed by atoms with Gasteiger partial charge in [0.05, 0.1) is 0 Å². The van der Waals surface area contributed by atoms with Gasteiger partial charge in [-0.15, -0.1) is 0 Å². The topological polar surface area (TPSA) is 37.3 Å². The lowest BCUT2D eigenvalue weighted by atomic mass is 9.83. The summed E-state index contributed by atoms with van der Waals surface area (Å²) in [4.78, 5) is 14.5. The molecule has 0 spiro atoms. The van der Waals surface area contributed by atoms with E-state index in [4.69, 9.17) is 12.2 Å². The lowest BCUT2D eigenvalue weighted by molar-refractivity contribution is 0.175. The molecule has 0 amide bonds. The van der Waals surface area contributed by atoms with Crippen LogP contribution in [0.5, 0.6) is 0 Å². The first-order valence-electron chi connectivity index (χ1n) is 9.42. The Morgan fingerprint density at radius 2 is 2.00 bits per heavy atom. The number of likely N-dealkylation sites (tertiary alicyclic amines) is 1. The summed E-state index contributed by atoms with van der Waals surface area (Å²) in [5, 5.41) is 4.65. The maximum atomic E-state index is 12.1. The zero-order chi connectivity index (χ0) is 16.3. The largest absolute Gasteiger partial charge is 0.360 e. The van der Waals surface area contributed by atoms with Crippen LogP contribution in [-0.2, 0) is 6.54 Å². The lowest BCUT2D eigenvalue weighted by Gasteiger charge is -2.44.